The lowest BCUT2D eigenvalue weighted by Gasteiger charge is -2.23. The van der Waals surface area contributed by atoms with Crippen LogP contribution >= 0.6 is 0 Å². The number of hydrogen-bond donors (Lipinski definition) is 2. The fourth-order valence-corrected chi connectivity index (χ4v) is 2.33. The van der Waals surface area contributed by atoms with E-state index in [0.29, 0.717) is 6.54 Å². The molecule has 0 saturated carbocycles. The van der Waals surface area contributed by atoms with Gasteiger partial charge in [0.1, 0.15) is 0 Å². The number of anilines is 1. The Balaban J connectivity index is 1.89. The normalized spacial score (nSPS) is 11.0. The third-order valence-corrected chi connectivity index (χ3v) is 3.51. The number of rotatable bonds is 5. The topological polar surface area (TPSA) is 41.1 Å². The maximum atomic E-state index is 12.0. The minimum absolute atomic E-state index is 0.00688. The Kier molecular flexibility index (Phi) is 5.21. The molecule has 2 rings (SSSR count). The van der Waals surface area contributed by atoms with E-state index in [1.165, 1.54) is 5.56 Å². The SMILES string of the molecule is CC(C)(C)c1ccccc1NCC(=O)NCc1ccccc1. The summed E-state index contributed by atoms with van der Waals surface area (Å²) in [7, 11) is 0. The summed E-state index contributed by atoms with van der Waals surface area (Å²) in [6.45, 7) is 7.34. The summed E-state index contributed by atoms with van der Waals surface area (Å²) >= 11 is 0. The van der Waals surface area contributed by atoms with Gasteiger partial charge in [0.25, 0.3) is 0 Å². The summed E-state index contributed by atoms with van der Waals surface area (Å²) < 4.78 is 0. The molecule has 0 aliphatic carbocycles. The molecule has 3 nitrogen and oxygen atoms in total. The van der Waals surface area contributed by atoms with E-state index < -0.39 is 0 Å². The summed E-state index contributed by atoms with van der Waals surface area (Å²) in [6.07, 6.45) is 0. The van der Waals surface area contributed by atoms with Gasteiger partial charge in [-0.1, -0.05) is 69.3 Å². The molecule has 0 aliphatic rings. The number of amides is 1. The van der Waals surface area contributed by atoms with Crippen LogP contribution in [0.1, 0.15) is 31.9 Å². The predicted octanol–water partition coefficient (Wildman–Crippen LogP) is 3.71. The molecule has 0 bridgehead atoms. The first-order valence-corrected chi connectivity index (χ1v) is 7.61. The minimum atomic E-state index is -0.00688. The highest BCUT2D eigenvalue weighted by molar-refractivity contribution is 5.81. The van der Waals surface area contributed by atoms with Crippen LogP contribution in [0, 0.1) is 0 Å². The Hall–Kier alpha value is -2.29. The van der Waals surface area contributed by atoms with E-state index in [9.17, 15) is 4.79 Å². The van der Waals surface area contributed by atoms with E-state index in [0.717, 1.165) is 11.3 Å². The van der Waals surface area contributed by atoms with Crippen LogP contribution in [0.15, 0.2) is 54.6 Å². The summed E-state index contributed by atoms with van der Waals surface area (Å²) in [4.78, 5) is 12.0. The van der Waals surface area contributed by atoms with Gasteiger partial charge in [-0.3, -0.25) is 4.79 Å². The van der Waals surface area contributed by atoms with Crippen molar-refractivity contribution in [1.29, 1.82) is 0 Å². The third kappa shape index (κ3) is 4.62. The van der Waals surface area contributed by atoms with Gasteiger partial charge in [0.2, 0.25) is 5.91 Å². The Morgan fingerprint density at radius 1 is 0.955 bits per heavy atom. The zero-order valence-electron chi connectivity index (χ0n) is 13.5. The molecule has 2 aromatic rings. The number of para-hydroxylation sites is 1. The highest BCUT2D eigenvalue weighted by Crippen LogP contribution is 2.28. The molecule has 3 heteroatoms. The van der Waals surface area contributed by atoms with Crippen LogP contribution in [0.25, 0.3) is 0 Å². The number of carbonyl (C=O) groups is 1. The second kappa shape index (κ2) is 7.12. The Morgan fingerprint density at radius 2 is 1.59 bits per heavy atom. The van der Waals surface area contributed by atoms with E-state index in [1.807, 2.05) is 48.5 Å². The molecule has 0 spiro atoms. The Morgan fingerprint density at radius 3 is 2.27 bits per heavy atom. The molecule has 116 valence electrons. The maximum absolute atomic E-state index is 12.0. The van der Waals surface area contributed by atoms with Gasteiger partial charge in [-0.15, -0.1) is 0 Å². The second-order valence-electron chi connectivity index (χ2n) is 6.41. The molecule has 0 radical (unpaired) electrons. The number of carbonyl (C=O) groups excluding carboxylic acids is 1. The van der Waals surface area contributed by atoms with Crippen molar-refractivity contribution in [3.05, 3.63) is 65.7 Å². The quantitative estimate of drug-likeness (QED) is 0.883. The van der Waals surface area contributed by atoms with Gasteiger partial charge in [0.05, 0.1) is 6.54 Å². The van der Waals surface area contributed by atoms with Gasteiger partial charge in [-0.2, -0.15) is 0 Å². The molecule has 0 aromatic heterocycles. The molecule has 0 atom stereocenters. The molecule has 0 saturated heterocycles. The van der Waals surface area contributed by atoms with Crippen LogP contribution in [0.5, 0.6) is 0 Å². The Labute approximate surface area is 132 Å². The molecule has 22 heavy (non-hydrogen) atoms. The maximum Gasteiger partial charge on any atom is 0.239 e. The molecule has 0 heterocycles. The standard InChI is InChI=1S/C19H24N2O/c1-19(2,3)16-11-7-8-12-17(16)20-14-18(22)21-13-15-9-5-4-6-10-15/h4-12,20H,13-14H2,1-3H3,(H,21,22). The van der Waals surface area contributed by atoms with Gasteiger partial charge in [0.15, 0.2) is 0 Å². The van der Waals surface area contributed by atoms with E-state index in [2.05, 4.69) is 37.5 Å². The first-order chi connectivity index (χ1) is 10.5. The first kappa shape index (κ1) is 16.1. The summed E-state index contributed by atoms with van der Waals surface area (Å²) in [5, 5.41) is 6.17. The van der Waals surface area contributed by atoms with Crippen LogP contribution in [0.2, 0.25) is 0 Å². The monoisotopic (exact) mass is 296 g/mol. The van der Waals surface area contributed by atoms with Crippen LogP contribution in [-0.2, 0) is 16.8 Å². The lowest BCUT2D eigenvalue weighted by atomic mass is 9.86. The highest BCUT2D eigenvalue weighted by atomic mass is 16.1. The average Bonchev–Trinajstić information content (AvgIpc) is 2.51. The number of benzene rings is 2. The van der Waals surface area contributed by atoms with Crippen molar-refractivity contribution in [2.75, 3.05) is 11.9 Å². The van der Waals surface area contributed by atoms with Crippen LogP contribution in [0.3, 0.4) is 0 Å². The summed E-state index contributed by atoms with van der Waals surface area (Å²) in [5.41, 5.74) is 3.38. The molecule has 2 N–H and O–H groups in total. The predicted molar refractivity (Wildman–Crippen MR) is 91.9 cm³/mol. The third-order valence-electron chi connectivity index (χ3n) is 3.51. The van der Waals surface area contributed by atoms with Gasteiger partial charge < -0.3 is 10.6 Å². The van der Waals surface area contributed by atoms with E-state index in [4.69, 9.17) is 0 Å². The molecule has 1 amide bonds. The fourth-order valence-electron chi connectivity index (χ4n) is 2.33. The lowest BCUT2D eigenvalue weighted by Crippen LogP contribution is -2.30. The zero-order chi connectivity index (χ0) is 16.0. The van der Waals surface area contributed by atoms with Gasteiger partial charge in [0, 0.05) is 12.2 Å². The van der Waals surface area contributed by atoms with E-state index in [-0.39, 0.29) is 17.9 Å². The molecule has 2 aromatic carbocycles. The van der Waals surface area contributed by atoms with Gasteiger partial charge >= 0.3 is 0 Å². The number of nitrogens with one attached hydrogen (secondary N) is 2. The largest absolute Gasteiger partial charge is 0.376 e. The second-order valence-corrected chi connectivity index (χ2v) is 6.41. The van der Waals surface area contributed by atoms with Crippen molar-refractivity contribution < 1.29 is 4.79 Å². The molecule has 0 unspecified atom stereocenters. The summed E-state index contributed by atoms with van der Waals surface area (Å²) in [5.74, 6) is -0.00688. The van der Waals surface area contributed by atoms with Crippen molar-refractivity contribution in [3.8, 4) is 0 Å². The van der Waals surface area contributed by atoms with Crippen LogP contribution in [0.4, 0.5) is 5.69 Å². The smallest absolute Gasteiger partial charge is 0.239 e. The van der Waals surface area contributed by atoms with Gasteiger partial charge in [-0.25, -0.2) is 0 Å². The molecule has 0 aliphatic heterocycles. The van der Waals surface area contributed by atoms with Crippen molar-refractivity contribution >= 4 is 11.6 Å². The first-order valence-electron chi connectivity index (χ1n) is 7.61. The van der Waals surface area contributed by atoms with Crippen molar-refractivity contribution in [2.45, 2.75) is 32.7 Å². The van der Waals surface area contributed by atoms with E-state index >= 15 is 0 Å². The fraction of sp³-hybridized carbons (Fsp3) is 0.316. The lowest BCUT2D eigenvalue weighted by molar-refractivity contribution is -0.119. The van der Waals surface area contributed by atoms with Crippen molar-refractivity contribution in [1.82, 2.24) is 5.32 Å². The highest BCUT2D eigenvalue weighted by Gasteiger charge is 2.17. The molecular formula is C19H24N2O. The molecular weight excluding hydrogens is 272 g/mol. The number of hydrogen-bond acceptors (Lipinski definition) is 2. The average molecular weight is 296 g/mol. The Bertz CT molecular complexity index is 615. The van der Waals surface area contributed by atoms with Gasteiger partial charge in [-0.05, 0) is 22.6 Å². The molecule has 0 fully saturated rings. The minimum Gasteiger partial charge on any atom is -0.376 e. The zero-order valence-corrected chi connectivity index (χ0v) is 13.5. The van der Waals surface area contributed by atoms with Crippen LogP contribution < -0.4 is 10.6 Å². The van der Waals surface area contributed by atoms with Crippen molar-refractivity contribution in [3.63, 3.8) is 0 Å². The van der Waals surface area contributed by atoms with Crippen molar-refractivity contribution in [2.24, 2.45) is 0 Å². The summed E-state index contributed by atoms with van der Waals surface area (Å²) in [6, 6.07) is 18.1. The van der Waals surface area contributed by atoms with E-state index in [1.54, 1.807) is 0 Å². The van der Waals surface area contributed by atoms with Crippen LogP contribution in [-0.4, -0.2) is 12.5 Å².